The van der Waals surface area contributed by atoms with Gasteiger partial charge < -0.3 is 0 Å². The van der Waals surface area contributed by atoms with Gasteiger partial charge in [-0.05, 0) is 36.9 Å². The fourth-order valence-electron chi connectivity index (χ4n) is 2.33. The lowest BCUT2D eigenvalue weighted by Crippen LogP contribution is -2.35. The van der Waals surface area contributed by atoms with Gasteiger partial charge in [0.05, 0.1) is 5.02 Å². The predicted octanol–water partition coefficient (Wildman–Crippen LogP) is 4.09. The van der Waals surface area contributed by atoms with E-state index < -0.39 is 0 Å². The quantitative estimate of drug-likeness (QED) is 0.758. The van der Waals surface area contributed by atoms with Crippen LogP contribution in [0.3, 0.4) is 0 Å². The number of likely N-dealkylation sites (tertiary alicyclic amines) is 1. The average Bonchev–Trinajstić information content (AvgIpc) is 2.35. The summed E-state index contributed by atoms with van der Waals surface area (Å²) in [5.41, 5.74) is 0.891. The highest BCUT2D eigenvalue weighted by atomic mass is 79.9. The van der Waals surface area contributed by atoms with Crippen molar-refractivity contribution in [1.82, 2.24) is 4.90 Å². The summed E-state index contributed by atoms with van der Waals surface area (Å²) in [6.07, 6.45) is 2.49. The summed E-state index contributed by atoms with van der Waals surface area (Å²) in [5, 5.41) is 1.31. The van der Waals surface area contributed by atoms with E-state index in [0.29, 0.717) is 5.92 Å². The summed E-state index contributed by atoms with van der Waals surface area (Å²) in [4.78, 5) is 2.36. The Bertz CT molecular complexity index is 386. The van der Waals surface area contributed by atoms with Gasteiger partial charge in [0.2, 0.25) is 0 Å². The SMILES string of the molecule is Fc1cccc(CN2CCCC(CBr)C2)c1Cl. The van der Waals surface area contributed by atoms with Gasteiger partial charge in [-0.1, -0.05) is 39.7 Å². The highest BCUT2D eigenvalue weighted by molar-refractivity contribution is 9.09. The van der Waals surface area contributed by atoms with Crippen LogP contribution in [-0.4, -0.2) is 23.3 Å². The van der Waals surface area contributed by atoms with Gasteiger partial charge in [-0.25, -0.2) is 4.39 Å². The van der Waals surface area contributed by atoms with E-state index in [2.05, 4.69) is 20.8 Å². The van der Waals surface area contributed by atoms with Gasteiger partial charge in [0.15, 0.2) is 0 Å². The minimum Gasteiger partial charge on any atom is -0.299 e. The lowest BCUT2D eigenvalue weighted by molar-refractivity contribution is 0.179. The number of benzene rings is 1. The molecule has 1 heterocycles. The van der Waals surface area contributed by atoms with Crippen molar-refractivity contribution in [3.05, 3.63) is 34.6 Å². The second-order valence-electron chi connectivity index (χ2n) is 4.61. The molecule has 2 rings (SSSR count). The number of rotatable bonds is 3. The monoisotopic (exact) mass is 319 g/mol. The molecule has 0 N–H and O–H groups in total. The fourth-order valence-corrected chi connectivity index (χ4v) is 3.05. The van der Waals surface area contributed by atoms with Crippen molar-refractivity contribution in [3.8, 4) is 0 Å². The number of halogens is 3. The van der Waals surface area contributed by atoms with Crippen LogP contribution in [0.4, 0.5) is 4.39 Å². The van der Waals surface area contributed by atoms with E-state index in [-0.39, 0.29) is 10.8 Å². The van der Waals surface area contributed by atoms with Gasteiger partial charge in [0, 0.05) is 18.4 Å². The van der Waals surface area contributed by atoms with Crippen LogP contribution in [0.5, 0.6) is 0 Å². The zero-order chi connectivity index (χ0) is 12.3. The molecule has 1 aromatic carbocycles. The van der Waals surface area contributed by atoms with E-state index in [4.69, 9.17) is 11.6 Å². The molecule has 94 valence electrons. The molecular formula is C13H16BrClFN. The van der Waals surface area contributed by atoms with Crippen molar-refractivity contribution < 1.29 is 4.39 Å². The van der Waals surface area contributed by atoms with Crippen LogP contribution in [0, 0.1) is 11.7 Å². The molecule has 0 aromatic heterocycles. The predicted molar refractivity (Wildman–Crippen MR) is 73.2 cm³/mol. The second kappa shape index (κ2) is 6.17. The molecule has 0 spiro atoms. The molecule has 0 radical (unpaired) electrons. The zero-order valence-electron chi connectivity index (χ0n) is 9.63. The maximum Gasteiger partial charge on any atom is 0.142 e. The summed E-state index contributed by atoms with van der Waals surface area (Å²) in [6.45, 7) is 2.90. The van der Waals surface area contributed by atoms with Crippen molar-refractivity contribution in [2.45, 2.75) is 19.4 Å². The van der Waals surface area contributed by atoms with Gasteiger partial charge in [0.1, 0.15) is 5.82 Å². The number of piperidine rings is 1. The normalized spacial score (nSPS) is 21.7. The lowest BCUT2D eigenvalue weighted by atomic mass is 10.00. The van der Waals surface area contributed by atoms with Crippen LogP contribution in [0.25, 0.3) is 0 Å². The summed E-state index contributed by atoms with van der Waals surface area (Å²) in [7, 11) is 0. The standard InChI is InChI=1S/C13H16BrClFN/c14-7-10-3-2-6-17(8-10)9-11-4-1-5-12(16)13(11)15/h1,4-5,10H,2-3,6-9H2. The maximum atomic E-state index is 13.3. The minimum atomic E-state index is -0.321. The van der Waals surface area contributed by atoms with E-state index >= 15 is 0 Å². The first kappa shape index (κ1) is 13.3. The summed E-state index contributed by atoms with van der Waals surface area (Å²) < 4.78 is 13.3. The third-order valence-corrected chi connectivity index (χ3v) is 4.59. The van der Waals surface area contributed by atoms with Crippen LogP contribution in [-0.2, 0) is 6.54 Å². The van der Waals surface area contributed by atoms with Crippen molar-refractivity contribution in [3.63, 3.8) is 0 Å². The van der Waals surface area contributed by atoms with E-state index in [1.165, 1.54) is 18.9 Å². The molecular weight excluding hydrogens is 305 g/mol. The van der Waals surface area contributed by atoms with E-state index in [1.54, 1.807) is 6.07 Å². The van der Waals surface area contributed by atoms with Gasteiger partial charge in [0.25, 0.3) is 0 Å². The Labute approximate surface area is 115 Å². The molecule has 0 amide bonds. The molecule has 0 saturated carbocycles. The number of hydrogen-bond donors (Lipinski definition) is 0. The Kier molecular flexibility index (Phi) is 4.83. The molecule has 4 heteroatoms. The van der Waals surface area contributed by atoms with Crippen LogP contribution in [0.15, 0.2) is 18.2 Å². The Hall–Kier alpha value is -0.120. The summed E-state index contributed by atoms with van der Waals surface area (Å²) in [6, 6.07) is 5.04. The van der Waals surface area contributed by atoms with Crippen molar-refractivity contribution in [1.29, 1.82) is 0 Å². The van der Waals surface area contributed by atoms with Crippen LogP contribution < -0.4 is 0 Å². The number of alkyl halides is 1. The Morgan fingerprint density at radius 2 is 2.29 bits per heavy atom. The highest BCUT2D eigenvalue weighted by Crippen LogP contribution is 2.24. The lowest BCUT2D eigenvalue weighted by Gasteiger charge is -2.32. The van der Waals surface area contributed by atoms with E-state index in [9.17, 15) is 4.39 Å². The summed E-state index contributed by atoms with van der Waals surface area (Å²) in [5.74, 6) is 0.384. The van der Waals surface area contributed by atoms with Gasteiger partial charge in [-0.15, -0.1) is 0 Å². The molecule has 0 aliphatic carbocycles. The van der Waals surface area contributed by atoms with Crippen LogP contribution in [0.2, 0.25) is 5.02 Å². The molecule has 1 saturated heterocycles. The topological polar surface area (TPSA) is 3.24 Å². The second-order valence-corrected chi connectivity index (χ2v) is 5.64. The highest BCUT2D eigenvalue weighted by Gasteiger charge is 2.19. The fraction of sp³-hybridized carbons (Fsp3) is 0.538. The molecule has 1 aromatic rings. The van der Waals surface area contributed by atoms with Gasteiger partial charge in [-0.2, -0.15) is 0 Å². The molecule has 0 bridgehead atoms. The average molecular weight is 321 g/mol. The third-order valence-electron chi connectivity index (χ3n) is 3.25. The molecule has 17 heavy (non-hydrogen) atoms. The largest absolute Gasteiger partial charge is 0.299 e. The van der Waals surface area contributed by atoms with Gasteiger partial charge in [-0.3, -0.25) is 4.90 Å². The molecule has 1 unspecified atom stereocenters. The Morgan fingerprint density at radius 1 is 1.47 bits per heavy atom. The molecule has 1 atom stereocenters. The molecule has 1 fully saturated rings. The first-order chi connectivity index (χ1) is 8.20. The molecule has 1 nitrogen and oxygen atoms in total. The minimum absolute atomic E-state index is 0.272. The first-order valence-corrected chi connectivity index (χ1v) is 7.42. The Balaban J connectivity index is 2.02. The Morgan fingerprint density at radius 3 is 3.06 bits per heavy atom. The van der Waals surface area contributed by atoms with E-state index in [1.807, 2.05) is 6.07 Å². The smallest absolute Gasteiger partial charge is 0.142 e. The van der Waals surface area contributed by atoms with Crippen molar-refractivity contribution in [2.24, 2.45) is 5.92 Å². The number of hydrogen-bond acceptors (Lipinski definition) is 1. The summed E-state index contributed by atoms with van der Waals surface area (Å²) >= 11 is 9.51. The third kappa shape index (κ3) is 3.43. The zero-order valence-corrected chi connectivity index (χ0v) is 12.0. The van der Waals surface area contributed by atoms with Gasteiger partial charge >= 0.3 is 0 Å². The van der Waals surface area contributed by atoms with E-state index in [0.717, 1.165) is 30.5 Å². The van der Waals surface area contributed by atoms with Crippen molar-refractivity contribution in [2.75, 3.05) is 18.4 Å². The number of nitrogens with zero attached hydrogens (tertiary/aromatic N) is 1. The van der Waals surface area contributed by atoms with Crippen molar-refractivity contribution >= 4 is 27.5 Å². The molecule has 1 aliphatic rings. The first-order valence-electron chi connectivity index (χ1n) is 5.92. The maximum absolute atomic E-state index is 13.3. The van der Waals surface area contributed by atoms with Crippen LogP contribution >= 0.6 is 27.5 Å². The van der Waals surface area contributed by atoms with Crippen LogP contribution in [0.1, 0.15) is 18.4 Å². The molecule has 1 aliphatic heterocycles.